The first-order chi connectivity index (χ1) is 9.99. The molecule has 1 aromatic carbocycles. The molecule has 112 valence electrons. The molecule has 0 aliphatic rings. The highest BCUT2D eigenvalue weighted by Gasteiger charge is 2.12. The Hall–Kier alpha value is -2.63. The van der Waals surface area contributed by atoms with Gasteiger partial charge in [-0.1, -0.05) is 12.2 Å². The normalized spacial score (nSPS) is 9.76. The van der Waals surface area contributed by atoms with E-state index in [1.165, 1.54) is 12.1 Å². The van der Waals surface area contributed by atoms with E-state index < -0.39 is 11.7 Å². The molecular weight excluding hydrogens is 273 g/mol. The minimum Gasteiger partial charge on any atom is -0.376 e. The summed E-state index contributed by atoms with van der Waals surface area (Å²) in [7, 11) is 0. The Morgan fingerprint density at radius 1 is 1.29 bits per heavy atom. The van der Waals surface area contributed by atoms with Gasteiger partial charge in [0.25, 0.3) is 5.91 Å². The summed E-state index contributed by atoms with van der Waals surface area (Å²) in [5.74, 6) is -1.73. The molecule has 0 unspecified atom stereocenters. The molecule has 21 heavy (non-hydrogen) atoms. The number of benzene rings is 1. The molecule has 0 heterocycles. The Bertz CT molecular complexity index is 548. The van der Waals surface area contributed by atoms with E-state index in [2.05, 4.69) is 18.5 Å². The first-order valence-corrected chi connectivity index (χ1v) is 6.32. The van der Waals surface area contributed by atoms with E-state index in [0.29, 0.717) is 18.8 Å². The molecule has 0 aliphatic carbocycles. The van der Waals surface area contributed by atoms with Gasteiger partial charge in [-0.05, 0) is 18.2 Å². The number of anilines is 1. The van der Waals surface area contributed by atoms with Crippen LogP contribution in [0.3, 0.4) is 0 Å². The number of nitrogens with one attached hydrogen (secondary N) is 1. The maximum atomic E-state index is 13.6. The fourth-order valence-corrected chi connectivity index (χ4v) is 1.70. The Balaban J connectivity index is 2.67. The minimum atomic E-state index is -0.835. The number of carbonyl (C=O) groups is 2. The molecule has 1 rings (SSSR count). The quantitative estimate of drug-likeness (QED) is 0.713. The molecule has 0 spiro atoms. The van der Waals surface area contributed by atoms with Crippen molar-refractivity contribution >= 4 is 17.5 Å². The van der Waals surface area contributed by atoms with E-state index in [4.69, 9.17) is 5.73 Å². The summed E-state index contributed by atoms with van der Waals surface area (Å²) >= 11 is 0. The number of rotatable bonds is 8. The molecule has 5 nitrogen and oxygen atoms in total. The SMILES string of the molecule is C=CCN(CC=C)C(=O)CNc1ccc(C(N)=O)c(F)c1. The van der Waals surface area contributed by atoms with Gasteiger partial charge in [0.2, 0.25) is 5.91 Å². The van der Waals surface area contributed by atoms with E-state index in [1.807, 2.05) is 0 Å². The van der Waals surface area contributed by atoms with Crippen LogP contribution in [0.2, 0.25) is 0 Å². The molecule has 0 atom stereocenters. The zero-order valence-electron chi connectivity index (χ0n) is 11.6. The van der Waals surface area contributed by atoms with E-state index in [1.54, 1.807) is 17.1 Å². The smallest absolute Gasteiger partial charge is 0.251 e. The summed E-state index contributed by atoms with van der Waals surface area (Å²) in [4.78, 5) is 24.4. The number of halogens is 1. The van der Waals surface area contributed by atoms with Crippen LogP contribution in [-0.4, -0.2) is 36.3 Å². The molecule has 0 aromatic heterocycles. The van der Waals surface area contributed by atoms with Crippen LogP contribution in [0.5, 0.6) is 0 Å². The molecule has 0 fully saturated rings. The fourth-order valence-electron chi connectivity index (χ4n) is 1.70. The maximum absolute atomic E-state index is 13.6. The molecule has 0 radical (unpaired) electrons. The number of amides is 2. The third kappa shape index (κ3) is 4.76. The van der Waals surface area contributed by atoms with E-state index in [0.717, 1.165) is 6.07 Å². The number of carbonyl (C=O) groups excluding carboxylic acids is 2. The second-order valence-electron chi connectivity index (χ2n) is 4.29. The van der Waals surface area contributed by atoms with Gasteiger partial charge in [-0.25, -0.2) is 4.39 Å². The highest BCUT2D eigenvalue weighted by molar-refractivity contribution is 5.93. The first kappa shape index (κ1) is 16.4. The average molecular weight is 291 g/mol. The molecule has 0 bridgehead atoms. The lowest BCUT2D eigenvalue weighted by Crippen LogP contribution is -2.35. The number of hydrogen-bond acceptors (Lipinski definition) is 3. The van der Waals surface area contributed by atoms with Gasteiger partial charge in [-0.2, -0.15) is 0 Å². The van der Waals surface area contributed by atoms with Crippen molar-refractivity contribution in [2.75, 3.05) is 25.0 Å². The number of primary amides is 1. The molecule has 3 N–H and O–H groups in total. The Kier molecular flexibility index (Phi) is 6.13. The van der Waals surface area contributed by atoms with Gasteiger partial charge in [0.1, 0.15) is 5.82 Å². The van der Waals surface area contributed by atoms with Crippen molar-refractivity contribution in [2.45, 2.75) is 0 Å². The molecular formula is C15H18FN3O2. The van der Waals surface area contributed by atoms with Crippen LogP contribution in [0.25, 0.3) is 0 Å². The van der Waals surface area contributed by atoms with Crippen molar-refractivity contribution in [1.29, 1.82) is 0 Å². The van der Waals surface area contributed by atoms with E-state index in [-0.39, 0.29) is 18.0 Å². The van der Waals surface area contributed by atoms with Crippen molar-refractivity contribution in [2.24, 2.45) is 5.73 Å². The van der Waals surface area contributed by atoms with Gasteiger partial charge < -0.3 is 16.0 Å². The van der Waals surface area contributed by atoms with Crippen LogP contribution in [-0.2, 0) is 4.79 Å². The molecule has 2 amide bonds. The van der Waals surface area contributed by atoms with E-state index >= 15 is 0 Å². The monoisotopic (exact) mass is 291 g/mol. The van der Waals surface area contributed by atoms with Gasteiger partial charge in [0, 0.05) is 18.8 Å². The summed E-state index contributed by atoms with van der Waals surface area (Å²) in [5, 5.41) is 2.80. The summed E-state index contributed by atoms with van der Waals surface area (Å²) in [6.45, 7) is 7.96. The predicted octanol–water partition coefficient (Wildman–Crippen LogP) is 1.54. The molecule has 6 heteroatoms. The summed E-state index contributed by atoms with van der Waals surface area (Å²) in [6.07, 6.45) is 3.23. The second-order valence-corrected chi connectivity index (χ2v) is 4.29. The zero-order chi connectivity index (χ0) is 15.8. The van der Waals surface area contributed by atoms with Crippen molar-refractivity contribution in [1.82, 2.24) is 4.90 Å². The first-order valence-electron chi connectivity index (χ1n) is 6.32. The van der Waals surface area contributed by atoms with Crippen LogP contribution in [0.1, 0.15) is 10.4 Å². The molecule has 0 saturated carbocycles. The molecule has 0 aliphatic heterocycles. The lowest BCUT2D eigenvalue weighted by Gasteiger charge is -2.19. The standard InChI is InChI=1S/C15H18FN3O2/c1-3-7-19(8-4-2)14(20)10-18-11-5-6-12(15(17)21)13(16)9-11/h3-6,9,18H,1-2,7-8,10H2,(H2,17,21). The van der Waals surface area contributed by atoms with Gasteiger partial charge >= 0.3 is 0 Å². The Labute approximate surface area is 122 Å². The molecule has 1 aromatic rings. The van der Waals surface area contributed by atoms with Gasteiger partial charge in [0.05, 0.1) is 12.1 Å². The van der Waals surface area contributed by atoms with Gasteiger partial charge in [0.15, 0.2) is 0 Å². The Morgan fingerprint density at radius 3 is 2.38 bits per heavy atom. The third-order valence-corrected chi connectivity index (χ3v) is 2.73. The maximum Gasteiger partial charge on any atom is 0.251 e. The van der Waals surface area contributed by atoms with Crippen LogP contribution < -0.4 is 11.1 Å². The van der Waals surface area contributed by atoms with E-state index in [9.17, 15) is 14.0 Å². The summed E-state index contributed by atoms with van der Waals surface area (Å²) in [5.41, 5.74) is 5.22. The van der Waals surface area contributed by atoms with Crippen LogP contribution in [0.4, 0.5) is 10.1 Å². The fraction of sp³-hybridized carbons (Fsp3) is 0.200. The average Bonchev–Trinajstić information content (AvgIpc) is 2.44. The van der Waals surface area contributed by atoms with Crippen molar-refractivity contribution in [3.8, 4) is 0 Å². The summed E-state index contributed by atoms with van der Waals surface area (Å²) < 4.78 is 13.6. The Morgan fingerprint density at radius 2 is 1.90 bits per heavy atom. The number of nitrogens with zero attached hydrogens (tertiary/aromatic N) is 1. The van der Waals surface area contributed by atoms with Crippen LogP contribution in [0, 0.1) is 5.82 Å². The predicted molar refractivity (Wildman–Crippen MR) is 80.4 cm³/mol. The van der Waals surface area contributed by atoms with Crippen molar-refractivity contribution in [3.05, 3.63) is 54.9 Å². The largest absolute Gasteiger partial charge is 0.376 e. The van der Waals surface area contributed by atoms with Crippen LogP contribution in [0.15, 0.2) is 43.5 Å². The van der Waals surface area contributed by atoms with Crippen molar-refractivity contribution in [3.63, 3.8) is 0 Å². The summed E-state index contributed by atoms with van der Waals surface area (Å²) in [6, 6.07) is 3.89. The second kappa shape index (κ2) is 7.84. The third-order valence-electron chi connectivity index (χ3n) is 2.73. The van der Waals surface area contributed by atoms with Gasteiger partial charge in [-0.15, -0.1) is 13.2 Å². The van der Waals surface area contributed by atoms with Gasteiger partial charge in [-0.3, -0.25) is 9.59 Å². The van der Waals surface area contributed by atoms with Crippen LogP contribution >= 0.6 is 0 Å². The minimum absolute atomic E-state index is 0.00294. The number of nitrogens with two attached hydrogens (primary N) is 1. The topological polar surface area (TPSA) is 75.4 Å². The molecule has 0 saturated heterocycles. The highest BCUT2D eigenvalue weighted by Crippen LogP contribution is 2.14. The lowest BCUT2D eigenvalue weighted by atomic mass is 10.2. The highest BCUT2D eigenvalue weighted by atomic mass is 19.1. The number of hydrogen-bond donors (Lipinski definition) is 2. The van der Waals surface area contributed by atoms with Crippen molar-refractivity contribution < 1.29 is 14.0 Å². The lowest BCUT2D eigenvalue weighted by molar-refractivity contribution is -0.128. The zero-order valence-corrected chi connectivity index (χ0v) is 11.6.